The van der Waals surface area contributed by atoms with Gasteiger partial charge in [-0.1, -0.05) is 26.7 Å². The molecule has 80 valence electrons. The molecule has 0 spiro atoms. The van der Waals surface area contributed by atoms with Crippen molar-refractivity contribution in [2.45, 2.75) is 39.5 Å². The number of hydrogen-bond acceptors (Lipinski definition) is 3. The van der Waals surface area contributed by atoms with Crippen LogP contribution in [0.4, 0.5) is 0 Å². The van der Waals surface area contributed by atoms with Gasteiger partial charge in [0.2, 0.25) is 0 Å². The molecule has 2 N–H and O–H groups in total. The fraction of sp³-hybridized carbons (Fsp3) is 1.00. The van der Waals surface area contributed by atoms with E-state index in [0.717, 1.165) is 19.6 Å². The molecule has 0 aliphatic rings. The largest absolute Gasteiger partial charge is 0.395 e. The van der Waals surface area contributed by atoms with E-state index >= 15 is 0 Å². The Morgan fingerprint density at radius 1 is 1.08 bits per heavy atom. The van der Waals surface area contributed by atoms with Crippen molar-refractivity contribution in [3.8, 4) is 0 Å². The first-order valence-corrected chi connectivity index (χ1v) is 5.44. The summed E-state index contributed by atoms with van der Waals surface area (Å²) in [4.78, 5) is 0. The maximum absolute atomic E-state index is 8.81. The van der Waals surface area contributed by atoms with E-state index in [9.17, 15) is 0 Å². The molecule has 0 amide bonds. The Labute approximate surface area is 82.1 Å². The topological polar surface area (TPSA) is 35.5 Å². The Morgan fingerprint density at radius 2 is 1.77 bits per heavy atom. The fourth-order valence-electron chi connectivity index (χ4n) is 1.15. The minimum absolute atomic E-state index is 0.239. The van der Waals surface area contributed by atoms with Gasteiger partial charge in [0.1, 0.15) is 0 Å². The summed E-state index contributed by atoms with van der Waals surface area (Å²) >= 11 is 0. The molecule has 0 aliphatic heterocycles. The number of rotatable bonds is 9. The number of aliphatic hydroxyl groups excluding tert-OH is 1. The fourth-order valence-corrected chi connectivity index (χ4v) is 1.15. The average Bonchev–Trinajstić information content (AvgIpc) is 2.14. The molecule has 0 aliphatic carbocycles. The quantitative estimate of drug-likeness (QED) is 0.424. The summed E-state index contributed by atoms with van der Waals surface area (Å²) in [5.41, 5.74) is 3.33. The van der Waals surface area contributed by atoms with Gasteiger partial charge in [-0.3, -0.25) is 5.43 Å². The van der Waals surface area contributed by atoms with E-state index in [1.165, 1.54) is 25.7 Å². The molecule has 13 heavy (non-hydrogen) atoms. The smallest absolute Gasteiger partial charge is 0.0572 e. The molecule has 0 aromatic carbocycles. The first-order chi connectivity index (χ1) is 6.35. The maximum Gasteiger partial charge on any atom is 0.0572 e. The van der Waals surface area contributed by atoms with Gasteiger partial charge in [-0.05, 0) is 12.8 Å². The van der Waals surface area contributed by atoms with Crippen LogP contribution in [-0.2, 0) is 0 Å². The highest BCUT2D eigenvalue weighted by molar-refractivity contribution is 4.51. The summed E-state index contributed by atoms with van der Waals surface area (Å²) in [7, 11) is 0. The van der Waals surface area contributed by atoms with Crippen LogP contribution in [0.15, 0.2) is 0 Å². The number of aliphatic hydroxyl groups is 1. The molecule has 0 aromatic rings. The van der Waals surface area contributed by atoms with E-state index in [0.29, 0.717) is 0 Å². The Bertz CT molecular complexity index is 98.9. The normalized spacial score (nSPS) is 11.1. The van der Waals surface area contributed by atoms with Crippen LogP contribution in [0.3, 0.4) is 0 Å². The SMILES string of the molecule is CCCCNN(CCO)CCCC. The molecule has 0 saturated carbocycles. The van der Waals surface area contributed by atoms with Gasteiger partial charge in [-0.25, -0.2) is 5.01 Å². The van der Waals surface area contributed by atoms with Gasteiger partial charge in [-0.2, -0.15) is 0 Å². The molecule has 0 aromatic heterocycles. The Morgan fingerprint density at radius 3 is 2.31 bits per heavy atom. The van der Waals surface area contributed by atoms with Crippen molar-refractivity contribution in [1.29, 1.82) is 0 Å². The molecule has 3 nitrogen and oxygen atoms in total. The predicted molar refractivity (Wildman–Crippen MR) is 56.5 cm³/mol. The van der Waals surface area contributed by atoms with E-state index in [2.05, 4.69) is 24.3 Å². The number of unbranched alkanes of at least 4 members (excludes halogenated alkanes) is 2. The summed E-state index contributed by atoms with van der Waals surface area (Å²) < 4.78 is 0. The number of nitrogens with zero attached hydrogens (tertiary/aromatic N) is 1. The van der Waals surface area contributed by atoms with Gasteiger partial charge in [-0.15, -0.1) is 0 Å². The van der Waals surface area contributed by atoms with E-state index in [-0.39, 0.29) is 6.61 Å². The summed E-state index contributed by atoms with van der Waals surface area (Å²) in [5, 5.41) is 10.9. The minimum atomic E-state index is 0.239. The Hall–Kier alpha value is -0.120. The van der Waals surface area contributed by atoms with E-state index in [1.54, 1.807) is 0 Å². The molecule has 0 unspecified atom stereocenters. The second-order valence-electron chi connectivity index (χ2n) is 3.33. The van der Waals surface area contributed by atoms with Crippen LogP contribution in [-0.4, -0.2) is 36.4 Å². The van der Waals surface area contributed by atoms with Gasteiger partial charge in [0, 0.05) is 19.6 Å². The zero-order valence-corrected chi connectivity index (χ0v) is 9.05. The second kappa shape index (κ2) is 9.96. The lowest BCUT2D eigenvalue weighted by atomic mass is 10.3. The zero-order chi connectivity index (χ0) is 9.94. The lowest BCUT2D eigenvalue weighted by Crippen LogP contribution is -2.41. The van der Waals surface area contributed by atoms with Crippen LogP contribution < -0.4 is 5.43 Å². The number of hydrogen-bond donors (Lipinski definition) is 2. The molecular weight excluding hydrogens is 164 g/mol. The van der Waals surface area contributed by atoms with Gasteiger partial charge >= 0.3 is 0 Å². The van der Waals surface area contributed by atoms with Gasteiger partial charge in [0.15, 0.2) is 0 Å². The third-order valence-corrected chi connectivity index (χ3v) is 2.02. The van der Waals surface area contributed by atoms with E-state index in [1.807, 2.05) is 0 Å². The van der Waals surface area contributed by atoms with E-state index < -0.39 is 0 Å². The van der Waals surface area contributed by atoms with Gasteiger partial charge in [0.05, 0.1) is 6.61 Å². The van der Waals surface area contributed by atoms with Crippen LogP contribution in [0.2, 0.25) is 0 Å². The highest BCUT2D eigenvalue weighted by Gasteiger charge is 2.00. The first-order valence-electron chi connectivity index (χ1n) is 5.44. The van der Waals surface area contributed by atoms with Crippen molar-refractivity contribution in [2.75, 3.05) is 26.2 Å². The summed E-state index contributed by atoms with van der Waals surface area (Å²) in [6.45, 7) is 7.42. The lowest BCUT2D eigenvalue weighted by molar-refractivity contribution is 0.140. The van der Waals surface area contributed by atoms with Crippen LogP contribution >= 0.6 is 0 Å². The van der Waals surface area contributed by atoms with Crippen molar-refractivity contribution >= 4 is 0 Å². The molecular formula is C10H24N2O. The van der Waals surface area contributed by atoms with Crippen LogP contribution in [0.5, 0.6) is 0 Å². The highest BCUT2D eigenvalue weighted by Crippen LogP contribution is 1.92. The zero-order valence-electron chi connectivity index (χ0n) is 9.05. The molecule has 0 heterocycles. The molecule has 0 bridgehead atoms. The summed E-state index contributed by atoms with van der Waals surface area (Å²) in [6.07, 6.45) is 4.82. The third-order valence-electron chi connectivity index (χ3n) is 2.02. The Kier molecular flexibility index (Phi) is 9.87. The summed E-state index contributed by atoms with van der Waals surface area (Å²) in [5.74, 6) is 0. The number of hydrazine groups is 1. The molecule has 0 saturated heterocycles. The van der Waals surface area contributed by atoms with Crippen molar-refractivity contribution < 1.29 is 5.11 Å². The molecule has 0 radical (unpaired) electrons. The monoisotopic (exact) mass is 188 g/mol. The molecule has 3 heteroatoms. The van der Waals surface area contributed by atoms with Crippen LogP contribution in [0, 0.1) is 0 Å². The third kappa shape index (κ3) is 8.22. The molecule has 0 rings (SSSR count). The average molecular weight is 188 g/mol. The lowest BCUT2D eigenvalue weighted by Gasteiger charge is -2.21. The Balaban J connectivity index is 3.41. The van der Waals surface area contributed by atoms with Crippen LogP contribution in [0.25, 0.3) is 0 Å². The predicted octanol–water partition coefficient (Wildman–Crippen LogP) is 1.39. The van der Waals surface area contributed by atoms with Crippen molar-refractivity contribution in [3.05, 3.63) is 0 Å². The maximum atomic E-state index is 8.81. The van der Waals surface area contributed by atoms with Gasteiger partial charge < -0.3 is 5.11 Å². The van der Waals surface area contributed by atoms with E-state index in [4.69, 9.17) is 5.11 Å². The first kappa shape index (κ1) is 12.9. The molecule has 0 fully saturated rings. The van der Waals surface area contributed by atoms with Crippen molar-refractivity contribution in [3.63, 3.8) is 0 Å². The van der Waals surface area contributed by atoms with Crippen molar-refractivity contribution in [1.82, 2.24) is 10.4 Å². The molecule has 0 atom stereocenters. The minimum Gasteiger partial charge on any atom is -0.395 e. The van der Waals surface area contributed by atoms with Gasteiger partial charge in [0.25, 0.3) is 0 Å². The van der Waals surface area contributed by atoms with Crippen molar-refractivity contribution in [2.24, 2.45) is 0 Å². The summed E-state index contributed by atoms with van der Waals surface area (Å²) in [6, 6.07) is 0. The standard InChI is InChI=1S/C10H24N2O/c1-3-5-7-11-12(9-10-13)8-6-4-2/h11,13H,3-10H2,1-2H3. The number of nitrogens with one attached hydrogen (secondary N) is 1. The van der Waals surface area contributed by atoms with Crippen LogP contribution in [0.1, 0.15) is 39.5 Å². The second-order valence-corrected chi connectivity index (χ2v) is 3.33. The highest BCUT2D eigenvalue weighted by atomic mass is 16.3.